The van der Waals surface area contributed by atoms with E-state index in [1.54, 1.807) is 17.0 Å². The molecule has 3 aromatic heterocycles. The number of nitrogens with one attached hydrogen (secondary N) is 1. The standard InChI is InChI=1S/C23H27N7O/c1-16-6-4-8-21(25-16)28-22-14-20(26-17(2)27-22)18-7-5-13-30(15-18)23(31)10-9-19-11-12-24-29(19)3/h4,6,8-12,14,18H,5,7,13,15H2,1-3H3,(H,25,26,27,28)/b10-9+. The van der Waals surface area contributed by atoms with E-state index in [9.17, 15) is 4.79 Å². The molecule has 1 unspecified atom stereocenters. The van der Waals surface area contributed by atoms with Crippen molar-refractivity contribution in [3.63, 3.8) is 0 Å². The monoisotopic (exact) mass is 417 g/mol. The molecule has 4 heterocycles. The molecule has 8 heteroatoms. The average Bonchev–Trinajstić information content (AvgIpc) is 3.16. The van der Waals surface area contributed by atoms with Gasteiger partial charge in [-0.3, -0.25) is 9.48 Å². The number of pyridine rings is 1. The summed E-state index contributed by atoms with van der Waals surface area (Å²) in [5, 5.41) is 7.40. The number of aromatic nitrogens is 5. The van der Waals surface area contributed by atoms with Crippen molar-refractivity contribution in [3.05, 3.63) is 65.5 Å². The van der Waals surface area contributed by atoms with Crippen molar-refractivity contribution in [1.29, 1.82) is 0 Å². The van der Waals surface area contributed by atoms with Gasteiger partial charge in [0.1, 0.15) is 17.5 Å². The Kier molecular flexibility index (Phi) is 6.06. The van der Waals surface area contributed by atoms with E-state index in [4.69, 9.17) is 0 Å². The highest BCUT2D eigenvalue weighted by atomic mass is 16.2. The molecule has 160 valence electrons. The number of carbonyl (C=O) groups is 1. The maximum absolute atomic E-state index is 12.7. The minimum absolute atomic E-state index is 0.0130. The van der Waals surface area contributed by atoms with Gasteiger partial charge in [-0.15, -0.1) is 0 Å². The maximum atomic E-state index is 12.7. The first kappa shape index (κ1) is 20.7. The van der Waals surface area contributed by atoms with E-state index >= 15 is 0 Å². The average molecular weight is 418 g/mol. The van der Waals surface area contributed by atoms with Crippen LogP contribution >= 0.6 is 0 Å². The number of carbonyl (C=O) groups excluding carboxylic acids is 1. The summed E-state index contributed by atoms with van der Waals surface area (Å²) < 4.78 is 1.74. The van der Waals surface area contributed by atoms with Crippen molar-refractivity contribution >= 4 is 23.6 Å². The van der Waals surface area contributed by atoms with Crippen LogP contribution in [0.1, 0.15) is 41.7 Å². The predicted octanol–water partition coefficient (Wildman–Crippen LogP) is 3.38. The zero-order valence-corrected chi connectivity index (χ0v) is 18.1. The first-order valence-corrected chi connectivity index (χ1v) is 10.5. The van der Waals surface area contributed by atoms with Gasteiger partial charge in [-0.25, -0.2) is 15.0 Å². The van der Waals surface area contributed by atoms with Crippen LogP contribution in [0.2, 0.25) is 0 Å². The number of likely N-dealkylation sites (tertiary alicyclic amines) is 1. The number of nitrogens with zero attached hydrogens (tertiary/aromatic N) is 6. The molecule has 0 saturated carbocycles. The number of rotatable bonds is 5. The van der Waals surface area contributed by atoms with Gasteiger partial charge < -0.3 is 10.2 Å². The van der Waals surface area contributed by atoms with Gasteiger partial charge in [-0.1, -0.05) is 6.07 Å². The lowest BCUT2D eigenvalue weighted by Gasteiger charge is -2.32. The van der Waals surface area contributed by atoms with Crippen molar-refractivity contribution in [3.8, 4) is 0 Å². The van der Waals surface area contributed by atoms with Crippen molar-refractivity contribution in [2.45, 2.75) is 32.6 Å². The van der Waals surface area contributed by atoms with Gasteiger partial charge in [-0.05, 0) is 51.0 Å². The summed E-state index contributed by atoms with van der Waals surface area (Å²) in [4.78, 5) is 28.3. The zero-order chi connectivity index (χ0) is 21.8. The van der Waals surface area contributed by atoms with Crippen molar-refractivity contribution < 1.29 is 4.79 Å². The smallest absolute Gasteiger partial charge is 0.246 e. The fourth-order valence-electron chi connectivity index (χ4n) is 3.84. The first-order chi connectivity index (χ1) is 15.0. The van der Waals surface area contributed by atoms with Gasteiger partial charge in [0.15, 0.2) is 0 Å². The minimum Gasteiger partial charge on any atom is -0.338 e. The Hall–Kier alpha value is -3.55. The van der Waals surface area contributed by atoms with Crippen molar-refractivity contribution in [1.82, 2.24) is 29.6 Å². The molecule has 1 amide bonds. The fraction of sp³-hybridized carbons (Fsp3) is 0.348. The highest BCUT2D eigenvalue weighted by molar-refractivity contribution is 5.91. The van der Waals surface area contributed by atoms with Crippen molar-refractivity contribution in [2.24, 2.45) is 7.05 Å². The van der Waals surface area contributed by atoms with E-state index in [1.165, 1.54) is 0 Å². The molecule has 0 aromatic carbocycles. The van der Waals surface area contributed by atoms with E-state index < -0.39 is 0 Å². The Morgan fingerprint density at radius 2 is 2.03 bits per heavy atom. The van der Waals surface area contributed by atoms with Crippen LogP contribution in [0, 0.1) is 13.8 Å². The van der Waals surface area contributed by atoms with Gasteiger partial charge in [0, 0.05) is 50.1 Å². The number of amides is 1. The Labute approximate surface area is 182 Å². The largest absolute Gasteiger partial charge is 0.338 e. The van der Waals surface area contributed by atoms with Crippen molar-refractivity contribution in [2.75, 3.05) is 18.4 Å². The molecule has 4 rings (SSSR count). The van der Waals surface area contributed by atoms with E-state index in [-0.39, 0.29) is 11.8 Å². The maximum Gasteiger partial charge on any atom is 0.246 e. The number of piperidine rings is 1. The third-order valence-corrected chi connectivity index (χ3v) is 5.41. The molecule has 3 aromatic rings. The molecule has 1 atom stereocenters. The molecule has 1 aliphatic rings. The summed E-state index contributed by atoms with van der Waals surface area (Å²) in [5.41, 5.74) is 2.79. The summed E-state index contributed by atoms with van der Waals surface area (Å²) in [6, 6.07) is 9.69. The summed E-state index contributed by atoms with van der Waals surface area (Å²) in [7, 11) is 1.86. The van der Waals surface area contributed by atoms with Crippen LogP contribution < -0.4 is 5.32 Å². The van der Waals surface area contributed by atoms with Crippen LogP contribution in [0.3, 0.4) is 0 Å². The molecule has 31 heavy (non-hydrogen) atoms. The van der Waals surface area contributed by atoms with E-state index in [0.717, 1.165) is 48.1 Å². The number of aryl methyl sites for hydroxylation is 3. The van der Waals surface area contributed by atoms with Crippen LogP contribution in [-0.2, 0) is 11.8 Å². The van der Waals surface area contributed by atoms with Gasteiger partial charge in [0.25, 0.3) is 0 Å². The third kappa shape index (κ3) is 5.14. The molecular weight excluding hydrogens is 390 g/mol. The molecular formula is C23H27N7O. The Balaban J connectivity index is 1.47. The van der Waals surface area contributed by atoms with Crippen LogP contribution in [0.5, 0.6) is 0 Å². The highest BCUT2D eigenvalue weighted by Gasteiger charge is 2.25. The van der Waals surface area contributed by atoms with Crippen LogP contribution in [0.25, 0.3) is 6.08 Å². The summed E-state index contributed by atoms with van der Waals surface area (Å²) >= 11 is 0. The lowest BCUT2D eigenvalue weighted by molar-refractivity contribution is -0.127. The van der Waals surface area contributed by atoms with E-state index in [0.29, 0.717) is 12.4 Å². The second-order valence-electron chi connectivity index (χ2n) is 7.85. The van der Waals surface area contributed by atoms with Crippen LogP contribution in [0.15, 0.2) is 42.6 Å². The first-order valence-electron chi connectivity index (χ1n) is 10.5. The molecule has 1 aliphatic heterocycles. The summed E-state index contributed by atoms with van der Waals surface area (Å²) in [5.74, 6) is 2.37. The quantitative estimate of drug-likeness (QED) is 0.640. The minimum atomic E-state index is 0.0130. The number of hydrogen-bond acceptors (Lipinski definition) is 6. The normalized spacial score (nSPS) is 16.6. The number of hydrogen-bond donors (Lipinski definition) is 1. The summed E-state index contributed by atoms with van der Waals surface area (Å²) in [6.45, 7) is 5.25. The van der Waals surface area contributed by atoms with Gasteiger partial charge in [0.2, 0.25) is 5.91 Å². The molecule has 1 N–H and O–H groups in total. The second-order valence-corrected chi connectivity index (χ2v) is 7.85. The van der Waals surface area contributed by atoms with Crippen LogP contribution in [0.4, 0.5) is 11.6 Å². The zero-order valence-electron chi connectivity index (χ0n) is 18.1. The highest BCUT2D eigenvalue weighted by Crippen LogP contribution is 2.28. The Morgan fingerprint density at radius 1 is 1.16 bits per heavy atom. The van der Waals surface area contributed by atoms with Gasteiger partial charge in [0.05, 0.1) is 11.4 Å². The van der Waals surface area contributed by atoms with E-state index in [1.807, 2.05) is 62.2 Å². The Morgan fingerprint density at radius 3 is 2.81 bits per heavy atom. The fourth-order valence-corrected chi connectivity index (χ4v) is 3.84. The van der Waals surface area contributed by atoms with Gasteiger partial charge >= 0.3 is 0 Å². The molecule has 1 saturated heterocycles. The molecule has 0 spiro atoms. The molecule has 8 nitrogen and oxygen atoms in total. The third-order valence-electron chi connectivity index (χ3n) is 5.41. The molecule has 0 aliphatic carbocycles. The summed E-state index contributed by atoms with van der Waals surface area (Å²) in [6.07, 6.45) is 7.09. The second kappa shape index (κ2) is 9.07. The molecule has 1 fully saturated rings. The lowest BCUT2D eigenvalue weighted by Crippen LogP contribution is -2.38. The lowest BCUT2D eigenvalue weighted by atomic mass is 9.94. The van der Waals surface area contributed by atoms with E-state index in [2.05, 4.69) is 25.4 Å². The SMILES string of the molecule is Cc1cccc(Nc2cc(C3CCCN(C(=O)/C=C/c4ccnn4C)C3)nc(C)n2)n1. The predicted molar refractivity (Wildman–Crippen MR) is 120 cm³/mol. The number of anilines is 2. The Bertz CT molecular complexity index is 1100. The molecule has 0 bridgehead atoms. The van der Waals surface area contributed by atoms with Crippen LogP contribution in [-0.4, -0.2) is 48.6 Å². The molecule has 0 radical (unpaired) electrons. The topological polar surface area (TPSA) is 88.8 Å². The van der Waals surface area contributed by atoms with Gasteiger partial charge in [-0.2, -0.15) is 5.10 Å².